The number of hydrogen-bond donors (Lipinski definition) is 1. The third-order valence-electron chi connectivity index (χ3n) is 4.42. The third-order valence-corrected chi connectivity index (χ3v) is 4.42. The van der Waals surface area contributed by atoms with Gasteiger partial charge in [0, 0.05) is 19.2 Å². The fraction of sp³-hybridized carbons (Fsp3) is 0.350. The van der Waals surface area contributed by atoms with Gasteiger partial charge in [0.2, 0.25) is 6.41 Å². The Morgan fingerprint density at radius 3 is 2.40 bits per heavy atom. The summed E-state index contributed by atoms with van der Waals surface area (Å²) in [5.41, 5.74) is 2.77. The van der Waals surface area contributed by atoms with Crippen LogP contribution in [0.3, 0.4) is 0 Å². The Labute approximate surface area is 149 Å². The third kappa shape index (κ3) is 4.66. The molecule has 0 fully saturated rings. The molecule has 0 bridgehead atoms. The highest BCUT2D eigenvalue weighted by atomic mass is 16.2. The molecule has 1 N–H and O–H groups in total. The van der Waals surface area contributed by atoms with Crippen molar-refractivity contribution in [2.75, 3.05) is 13.1 Å². The Balaban J connectivity index is 2.22. The number of aromatic nitrogens is 1. The van der Waals surface area contributed by atoms with Crippen molar-refractivity contribution in [3.05, 3.63) is 65.5 Å². The van der Waals surface area contributed by atoms with Crippen LogP contribution in [0.5, 0.6) is 0 Å². The molecule has 0 radical (unpaired) electrons. The van der Waals surface area contributed by atoms with Crippen LogP contribution in [-0.2, 0) is 18.3 Å². The van der Waals surface area contributed by atoms with Gasteiger partial charge in [-0.25, -0.2) is 4.57 Å². The van der Waals surface area contributed by atoms with Crippen molar-refractivity contribution >= 4 is 12.3 Å². The number of nitrogens with zero attached hydrogens (tertiary/aromatic N) is 2. The van der Waals surface area contributed by atoms with E-state index in [0.717, 1.165) is 17.7 Å². The van der Waals surface area contributed by atoms with Crippen molar-refractivity contribution in [3.8, 4) is 0 Å². The highest BCUT2D eigenvalue weighted by Crippen LogP contribution is 2.16. The molecule has 2 aromatic rings. The monoisotopic (exact) mass is 340 g/mol. The molecule has 25 heavy (non-hydrogen) atoms. The Kier molecular flexibility index (Phi) is 6.69. The zero-order valence-corrected chi connectivity index (χ0v) is 15.1. The molecule has 1 aromatic carbocycles. The normalized spacial score (nSPS) is 11.6. The smallest absolute Gasteiger partial charge is 0.259 e. The molecule has 0 aliphatic heterocycles. The number of hydrogen-bond acceptors (Lipinski definition) is 2. The number of pyridine rings is 1. The summed E-state index contributed by atoms with van der Waals surface area (Å²) in [5.74, 6) is 0.0396. The van der Waals surface area contributed by atoms with Gasteiger partial charge in [-0.2, -0.15) is 0 Å². The number of benzene rings is 1. The van der Waals surface area contributed by atoms with E-state index in [-0.39, 0.29) is 11.9 Å². The van der Waals surface area contributed by atoms with E-state index in [1.54, 1.807) is 4.90 Å². The number of carbonyl (C=O) groups is 2. The Bertz CT molecular complexity index is 712. The lowest BCUT2D eigenvalue weighted by molar-refractivity contribution is -0.679. The van der Waals surface area contributed by atoms with Crippen LogP contribution >= 0.6 is 0 Å². The second-order valence-corrected chi connectivity index (χ2v) is 5.95. The molecule has 2 rings (SSSR count). The van der Waals surface area contributed by atoms with E-state index >= 15 is 0 Å². The van der Waals surface area contributed by atoms with Crippen LogP contribution in [0.1, 0.15) is 41.5 Å². The highest BCUT2D eigenvalue weighted by Gasteiger charge is 2.20. The van der Waals surface area contributed by atoms with E-state index in [4.69, 9.17) is 0 Å². The number of aryl methyl sites for hydroxylation is 1. The van der Waals surface area contributed by atoms with Gasteiger partial charge in [-0.3, -0.25) is 9.59 Å². The molecule has 1 heterocycles. The van der Waals surface area contributed by atoms with E-state index in [1.807, 2.05) is 74.1 Å². The molecule has 1 atom stereocenters. The second kappa shape index (κ2) is 8.97. The molecule has 0 spiro atoms. The summed E-state index contributed by atoms with van der Waals surface area (Å²) >= 11 is 0. The zero-order chi connectivity index (χ0) is 18.2. The average Bonchev–Trinajstić information content (AvgIpc) is 2.64. The molecule has 0 saturated carbocycles. The first-order chi connectivity index (χ1) is 12.1. The van der Waals surface area contributed by atoms with E-state index in [9.17, 15) is 9.59 Å². The predicted molar refractivity (Wildman–Crippen MR) is 97.0 cm³/mol. The second-order valence-electron chi connectivity index (χ2n) is 5.95. The number of nitrogens with one attached hydrogen (secondary N) is 1. The van der Waals surface area contributed by atoms with Crippen molar-refractivity contribution in [1.82, 2.24) is 10.2 Å². The standard InChI is InChI=1S/C20H25N3O2/c1-4-23(5-2)20(25)17-11-12-18(22(3)14-17)13-19(21-15-24)16-9-7-6-8-10-16/h6-12,14-15,19H,4-5,13H2,1-3H3/p+1. The number of amides is 2. The van der Waals surface area contributed by atoms with Crippen molar-refractivity contribution in [2.24, 2.45) is 7.05 Å². The maximum absolute atomic E-state index is 12.5. The zero-order valence-electron chi connectivity index (χ0n) is 15.1. The fourth-order valence-electron chi connectivity index (χ4n) is 2.92. The summed E-state index contributed by atoms with van der Waals surface area (Å²) in [6, 6.07) is 13.6. The van der Waals surface area contributed by atoms with Crippen molar-refractivity contribution in [2.45, 2.75) is 26.3 Å². The van der Waals surface area contributed by atoms with Crippen molar-refractivity contribution < 1.29 is 14.2 Å². The van der Waals surface area contributed by atoms with Gasteiger partial charge in [0.25, 0.3) is 5.91 Å². The van der Waals surface area contributed by atoms with Gasteiger partial charge in [0.15, 0.2) is 11.9 Å². The van der Waals surface area contributed by atoms with Gasteiger partial charge in [0.1, 0.15) is 12.6 Å². The summed E-state index contributed by atoms with van der Waals surface area (Å²) in [5, 5.41) is 2.88. The summed E-state index contributed by atoms with van der Waals surface area (Å²) in [6.07, 6.45) is 3.24. The molecule has 1 aromatic heterocycles. The predicted octanol–water partition coefficient (Wildman–Crippen LogP) is 2.02. The highest BCUT2D eigenvalue weighted by molar-refractivity contribution is 5.93. The first kappa shape index (κ1) is 18.6. The average molecular weight is 340 g/mol. The molecular weight excluding hydrogens is 314 g/mol. The summed E-state index contributed by atoms with van der Waals surface area (Å²) in [6.45, 7) is 5.34. The largest absolute Gasteiger partial charge is 0.351 e. The van der Waals surface area contributed by atoms with Crippen LogP contribution in [0.25, 0.3) is 0 Å². The Morgan fingerprint density at radius 2 is 1.84 bits per heavy atom. The molecule has 0 saturated heterocycles. The molecule has 2 amide bonds. The molecule has 132 valence electrons. The SMILES string of the molecule is CCN(CC)C(=O)c1ccc(CC(NC=O)c2ccccc2)[n+](C)c1. The van der Waals surface area contributed by atoms with E-state index < -0.39 is 0 Å². The minimum absolute atomic E-state index is 0.0396. The Hall–Kier alpha value is -2.69. The lowest BCUT2D eigenvalue weighted by atomic mass is 10.0. The van der Waals surface area contributed by atoms with Crippen LogP contribution in [0, 0.1) is 0 Å². The molecule has 0 aliphatic rings. The van der Waals surface area contributed by atoms with Crippen LogP contribution in [0.2, 0.25) is 0 Å². The first-order valence-electron chi connectivity index (χ1n) is 8.63. The summed E-state index contributed by atoms with van der Waals surface area (Å²) < 4.78 is 1.96. The van der Waals surface area contributed by atoms with Crippen LogP contribution in [-0.4, -0.2) is 30.3 Å². The van der Waals surface area contributed by atoms with Gasteiger partial charge in [-0.15, -0.1) is 0 Å². The number of carbonyl (C=O) groups excluding carboxylic acids is 2. The maximum atomic E-state index is 12.5. The van der Waals surface area contributed by atoms with Crippen molar-refractivity contribution in [1.29, 1.82) is 0 Å². The van der Waals surface area contributed by atoms with Gasteiger partial charge < -0.3 is 10.2 Å². The fourth-order valence-corrected chi connectivity index (χ4v) is 2.92. The van der Waals surface area contributed by atoms with Gasteiger partial charge in [-0.1, -0.05) is 30.3 Å². The van der Waals surface area contributed by atoms with E-state index in [2.05, 4.69) is 5.32 Å². The molecule has 1 unspecified atom stereocenters. The minimum Gasteiger partial charge on any atom is -0.351 e. The van der Waals surface area contributed by atoms with Gasteiger partial charge >= 0.3 is 0 Å². The van der Waals surface area contributed by atoms with Crippen molar-refractivity contribution in [3.63, 3.8) is 0 Å². The summed E-state index contributed by atoms with van der Waals surface area (Å²) in [4.78, 5) is 25.3. The quantitative estimate of drug-likeness (QED) is 0.590. The van der Waals surface area contributed by atoms with E-state index in [1.165, 1.54) is 0 Å². The van der Waals surface area contributed by atoms with Crippen LogP contribution in [0.4, 0.5) is 0 Å². The maximum Gasteiger partial charge on any atom is 0.259 e. The topological polar surface area (TPSA) is 53.3 Å². The van der Waals surface area contributed by atoms with E-state index in [0.29, 0.717) is 25.1 Å². The molecule has 5 heteroatoms. The molecular formula is C20H26N3O2+. The number of rotatable bonds is 8. The molecule has 0 aliphatic carbocycles. The van der Waals surface area contributed by atoms with Crippen LogP contribution < -0.4 is 9.88 Å². The van der Waals surface area contributed by atoms with Gasteiger partial charge in [0.05, 0.1) is 12.5 Å². The molecule has 5 nitrogen and oxygen atoms in total. The summed E-state index contributed by atoms with van der Waals surface area (Å²) in [7, 11) is 1.93. The lowest BCUT2D eigenvalue weighted by Gasteiger charge is -2.18. The first-order valence-corrected chi connectivity index (χ1v) is 8.63. The Morgan fingerprint density at radius 1 is 1.16 bits per heavy atom. The minimum atomic E-state index is -0.103. The lowest BCUT2D eigenvalue weighted by Crippen LogP contribution is -2.38. The van der Waals surface area contributed by atoms with Gasteiger partial charge in [-0.05, 0) is 25.5 Å². The van der Waals surface area contributed by atoms with Crippen LogP contribution in [0.15, 0.2) is 48.7 Å².